The molecule has 0 aliphatic heterocycles. The number of aromatic nitrogens is 1. The maximum Gasteiger partial charge on any atom is 0.318 e. The Kier molecular flexibility index (Phi) is 7.32. The number of hydrogen-bond acceptors (Lipinski definition) is 4. The number of thiazole rings is 1. The molecule has 1 heterocycles. The molecule has 0 saturated heterocycles. The van der Waals surface area contributed by atoms with Gasteiger partial charge in [-0.1, -0.05) is 32.6 Å². The smallest absolute Gasteiger partial charge is 0.318 e. The van der Waals surface area contributed by atoms with Crippen LogP contribution in [0.4, 0.5) is 9.93 Å². The SMILES string of the molecule is CCCCN(CC(=O)Nc1nccs1)C(=O)NC1CCCCC1. The molecule has 6 nitrogen and oxygen atoms in total. The number of nitrogens with zero attached hydrogens (tertiary/aromatic N) is 2. The quantitative estimate of drug-likeness (QED) is 0.801. The first-order chi connectivity index (χ1) is 11.2. The van der Waals surface area contributed by atoms with Crippen molar-refractivity contribution < 1.29 is 9.59 Å². The lowest BCUT2D eigenvalue weighted by Crippen LogP contribution is -2.48. The van der Waals surface area contributed by atoms with Gasteiger partial charge in [0.1, 0.15) is 6.54 Å². The molecule has 7 heteroatoms. The molecule has 3 amide bonds. The van der Waals surface area contributed by atoms with Crippen LogP contribution in [0.1, 0.15) is 51.9 Å². The zero-order valence-corrected chi connectivity index (χ0v) is 14.5. The van der Waals surface area contributed by atoms with Gasteiger partial charge in [0.2, 0.25) is 5.91 Å². The second-order valence-electron chi connectivity index (χ2n) is 5.94. The fourth-order valence-corrected chi connectivity index (χ4v) is 3.28. The molecule has 2 rings (SSSR count). The summed E-state index contributed by atoms with van der Waals surface area (Å²) in [7, 11) is 0. The molecule has 0 spiro atoms. The highest BCUT2D eigenvalue weighted by atomic mass is 32.1. The highest BCUT2D eigenvalue weighted by Crippen LogP contribution is 2.17. The number of carbonyl (C=O) groups is 2. The summed E-state index contributed by atoms with van der Waals surface area (Å²) in [4.78, 5) is 30.2. The lowest BCUT2D eigenvalue weighted by Gasteiger charge is -2.28. The molecule has 1 aromatic heterocycles. The molecule has 0 atom stereocenters. The van der Waals surface area contributed by atoms with Gasteiger partial charge in [-0.25, -0.2) is 9.78 Å². The molecule has 0 unspecified atom stereocenters. The molecule has 1 saturated carbocycles. The van der Waals surface area contributed by atoms with Crippen molar-refractivity contribution in [3.63, 3.8) is 0 Å². The van der Waals surface area contributed by atoms with E-state index < -0.39 is 0 Å². The number of amides is 3. The number of hydrogen-bond donors (Lipinski definition) is 2. The van der Waals surface area contributed by atoms with Crippen LogP contribution in [0.15, 0.2) is 11.6 Å². The summed E-state index contributed by atoms with van der Waals surface area (Å²) in [6.45, 7) is 2.74. The van der Waals surface area contributed by atoms with E-state index in [9.17, 15) is 9.59 Å². The van der Waals surface area contributed by atoms with Crippen LogP contribution in [0.25, 0.3) is 0 Å². The van der Waals surface area contributed by atoms with E-state index in [0.29, 0.717) is 11.7 Å². The Morgan fingerprint density at radius 3 is 2.78 bits per heavy atom. The lowest BCUT2D eigenvalue weighted by atomic mass is 9.96. The predicted octanol–water partition coefficient (Wildman–Crippen LogP) is 3.23. The first kappa shape index (κ1) is 17.7. The minimum absolute atomic E-state index is 0.0676. The van der Waals surface area contributed by atoms with E-state index in [2.05, 4.69) is 22.5 Å². The maximum atomic E-state index is 12.5. The van der Waals surface area contributed by atoms with Crippen molar-refractivity contribution >= 4 is 28.4 Å². The standard InChI is InChI=1S/C16H26N4O2S/c1-2-3-10-20(12-14(21)19-15-17-9-11-23-15)16(22)18-13-7-5-4-6-8-13/h9,11,13H,2-8,10,12H2,1H3,(H,18,22)(H,17,19,21). The Balaban J connectivity index is 1.86. The van der Waals surface area contributed by atoms with Crippen molar-refractivity contribution in [3.05, 3.63) is 11.6 Å². The van der Waals surface area contributed by atoms with Gasteiger partial charge >= 0.3 is 6.03 Å². The fraction of sp³-hybridized carbons (Fsp3) is 0.688. The third-order valence-electron chi connectivity index (χ3n) is 4.01. The maximum absolute atomic E-state index is 12.5. The first-order valence-electron chi connectivity index (χ1n) is 8.44. The van der Waals surface area contributed by atoms with Crippen LogP contribution in [0, 0.1) is 0 Å². The van der Waals surface area contributed by atoms with E-state index in [0.717, 1.165) is 25.7 Å². The van der Waals surface area contributed by atoms with Crippen LogP contribution in [-0.2, 0) is 4.79 Å². The molecule has 1 fully saturated rings. The van der Waals surface area contributed by atoms with E-state index in [1.54, 1.807) is 16.5 Å². The van der Waals surface area contributed by atoms with Crippen LogP contribution in [-0.4, -0.2) is 41.0 Å². The molecule has 0 bridgehead atoms. The van der Waals surface area contributed by atoms with E-state index in [4.69, 9.17) is 0 Å². The van der Waals surface area contributed by atoms with Gasteiger partial charge in [0.05, 0.1) is 0 Å². The van der Waals surface area contributed by atoms with Crippen LogP contribution < -0.4 is 10.6 Å². The molecule has 0 aromatic carbocycles. The van der Waals surface area contributed by atoms with Crippen LogP contribution in [0.5, 0.6) is 0 Å². The molecular formula is C16H26N4O2S. The van der Waals surface area contributed by atoms with E-state index in [1.165, 1.54) is 30.6 Å². The van der Waals surface area contributed by atoms with Gasteiger partial charge in [0, 0.05) is 24.2 Å². The molecule has 2 N–H and O–H groups in total. The zero-order valence-electron chi connectivity index (χ0n) is 13.7. The number of carbonyl (C=O) groups excluding carboxylic acids is 2. The minimum Gasteiger partial charge on any atom is -0.335 e. The Labute approximate surface area is 141 Å². The van der Waals surface area contributed by atoms with E-state index in [1.807, 2.05) is 0 Å². The van der Waals surface area contributed by atoms with E-state index >= 15 is 0 Å². The molecule has 1 aliphatic carbocycles. The Hall–Kier alpha value is -1.63. The Bertz CT molecular complexity index is 486. The molecular weight excluding hydrogens is 312 g/mol. The van der Waals surface area contributed by atoms with Crippen molar-refractivity contribution in [2.24, 2.45) is 0 Å². The van der Waals surface area contributed by atoms with Gasteiger partial charge in [-0.05, 0) is 19.3 Å². The molecule has 1 aromatic rings. The summed E-state index contributed by atoms with van der Waals surface area (Å²) in [6.07, 6.45) is 9.20. The zero-order chi connectivity index (χ0) is 16.5. The van der Waals surface area contributed by atoms with Crippen molar-refractivity contribution in [1.29, 1.82) is 0 Å². The van der Waals surface area contributed by atoms with Gasteiger partial charge < -0.3 is 15.5 Å². The minimum atomic E-state index is -0.199. The topological polar surface area (TPSA) is 74.3 Å². The Morgan fingerprint density at radius 1 is 1.35 bits per heavy atom. The summed E-state index contributed by atoms with van der Waals surface area (Å²) in [6, 6.07) is 0.127. The van der Waals surface area contributed by atoms with Gasteiger partial charge in [-0.2, -0.15) is 0 Å². The normalized spacial score (nSPS) is 15.2. The number of nitrogens with one attached hydrogen (secondary N) is 2. The van der Waals surface area contributed by atoms with E-state index in [-0.39, 0.29) is 24.5 Å². The van der Waals surface area contributed by atoms with Crippen molar-refractivity contribution in [1.82, 2.24) is 15.2 Å². The average Bonchev–Trinajstić information content (AvgIpc) is 3.05. The molecule has 128 valence electrons. The van der Waals surface area contributed by atoms with Crippen LogP contribution >= 0.6 is 11.3 Å². The summed E-state index contributed by atoms with van der Waals surface area (Å²) in [5.74, 6) is -0.199. The van der Waals surface area contributed by atoms with Gasteiger partial charge in [-0.15, -0.1) is 11.3 Å². The second-order valence-corrected chi connectivity index (χ2v) is 6.84. The number of rotatable bonds is 7. The third kappa shape index (κ3) is 6.17. The van der Waals surface area contributed by atoms with Gasteiger partial charge in [0.25, 0.3) is 0 Å². The van der Waals surface area contributed by atoms with Gasteiger partial charge in [0.15, 0.2) is 5.13 Å². The number of unbranched alkanes of at least 4 members (excludes halogenated alkanes) is 1. The third-order valence-corrected chi connectivity index (χ3v) is 4.70. The average molecular weight is 338 g/mol. The summed E-state index contributed by atoms with van der Waals surface area (Å²) in [5.41, 5.74) is 0. The Morgan fingerprint density at radius 2 is 2.13 bits per heavy atom. The predicted molar refractivity (Wildman–Crippen MR) is 92.6 cm³/mol. The van der Waals surface area contributed by atoms with Crippen molar-refractivity contribution in [3.8, 4) is 0 Å². The van der Waals surface area contributed by atoms with Gasteiger partial charge in [-0.3, -0.25) is 4.79 Å². The first-order valence-corrected chi connectivity index (χ1v) is 9.31. The summed E-state index contributed by atoms with van der Waals surface area (Å²) < 4.78 is 0. The largest absolute Gasteiger partial charge is 0.335 e. The van der Waals surface area contributed by atoms with Crippen LogP contribution in [0.2, 0.25) is 0 Å². The second kappa shape index (κ2) is 9.50. The highest BCUT2D eigenvalue weighted by molar-refractivity contribution is 7.13. The number of anilines is 1. The molecule has 23 heavy (non-hydrogen) atoms. The monoisotopic (exact) mass is 338 g/mol. The summed E-state index contributed by atoms with van der Waals surface area (Å²) in [5, 5.41) is 8.19. The van der Waals surface area contributed by atoms with Crippen molar-refractivity contribution in [2.45, 2.75) is 57.9 Å². The lowest BCUT2D eigenvalue weighted by molar-refractivity contribution is -0.116. The number of urea groups is 1. The molecule has 0 radical (unpaired) electrons. The van der Waals surface area contributed by atoms with Crippen molar-refractivity contribution in [2.75, 3.05) is 18.4 Å². The molecule has 1 aliphatic rings. The fourth-order valence-electron chi connectivity index (χ4n) is 2.73. The van der Waals surface area contributed by atoms with Crippen LogP contribution in [0.3, 0.4) is 0 Å². The summed E-state index contributed by atoms with van der Waals surface area (Å²) >= 11 is 1.37. The highest BCUT2D eigenvalue weighted by Gasteiger charge is 2.21.